The molecule has 1 aliphatic rings. The molecule has 0 amide bonds. The zero-order chi connectivity index (χ0) is 23.7. The Balaban J connectivity index is 1.55. The van der Waals surface area contributed by atoms with E-state index in [2.05, 4.69) is 20.3 Å². The number of benzene rings is 1. The van der Waals surface area contributed by atoms with Crippen LogP contribution in [0.3, 0.4) is 0 Å². The van der Waals surface area contributed by atoms with Crippen LogP contribution in [-0.4, -0.2) is 42.1 Å². The molecule has 1 aromatic carbocycles. The van der Waals surface area contributed by atoms with E-state index in [1.54, 1.807) is 23.2 Å². The molecular formula is C25H25ClN6OS. The number of nitrogens with zero attached hydrogens (tertiary/aromatic N) is 5. The van der Waals surface area contributed by atoms with E-state index in [1.165, 1.54) is 0 Å². The van der Waals surface area contributed by atoms with Crippen LogP contribution in [0.1, 0.15) is 25.5 Å². The molecule has 4 heterocycles. The van der Waals surface area contributed by atoms with Crippen molar-refractivity contribution in [1.82, 2.24) is 24.5 Å². The number of nitrogens with one attached hydrogen (secondary N) is 1. The van der Waals surface area contributed by atoms with E-state index < -0.39 is 0 Å². The summed E-state index contributed by atoms with van der Waals surface area (Å²) in [4.78, 5) is 31.4. The van der Waals surface area contributed by atoms with E-state index in [0.29, 0.717) is 40.3 Å². The van der Waals surface area contributed by atoms with Gasteiger partial charge < -0.3 is 5.32 Å². The van der Waals surface area contributed by atoms with E-state index in [-0.39, 0.29) is 5.56 Å². The molecule has 0 bridgehead atoms. The van der Waals surface area contributed by atoms with Crippen molar-refractivity contribution in [3.63, 3.8) is 0 Å². The Kier molecular flexibility index (Phi) is 6.52. The van der Waals surface area contributed by atoms with E-state index in [4.69, 9.17) is 16.6 Å². The summed E-state index contributed by atoms with van der Waals surface area (Å²) in [6.07, 6.45) is 7.28. The van der Waals surface area contributed by atoms with Crippen molar-refractivity contribution in [2.75, 3.05) is 16.8 Å². The zero-order valence-electron chi connectivity index (χ0n) is 19.1. The first-order valence-electron chi connectivity index (χ1n) is 11.4. The maximum absolute atomic E-state index is 13.5. The quantitative estimate of drug-likeness (QED) is 0.409. The van der Waals surface area contributed by atoms with Gasteiger partial charge in [0.05, 0.1) is 11.4 Å². The summed E-state index contributed by atoms with van der Waals surface area (Å²) in [5.74, 6) is 2.86. The standard InChI is InChI=1S/C25H25ClN6OS/c1-3-32-23-17(14-29-25(31-23)30-18-6-10-34-11-7-18)12-20(24(32)33)19-5-4-16(13-21(19)26)22-15(2)27-8-9-28-22/h4-5,8-9,12-14,18H,3,6-7,10-11H2,1-2H3,(H,29,30,31). The smallest absolute Gasteiger partial charge is 0.260 e. The molecule has 34 heavy (non-hydrogen) atoms. The largest absolute Gasteiger partial charge is 0.351 e. The van der Waals surface area contributed by atoms with Crippen molar-refractivity contribution in [3.05, 3.63) is 63.9 Å². The summed E-state index contributed by atoms with van der Waals surface area (Å²) >= 11 is 8.66. The third-order valence-corrected chi connectivity index (χ3v) is 7.47. The Morgan fingerprint density at radius 2 is 1.91 bits per heavy atom. The Morgan fingerprint density at radius 1 is 1.12 bits per heavy atom. The third-order valence-electron chi connectivity index (χ3n) is 6.11. The molecule has 9 heteroatoms. The number of hydrogen-bond donors (Lipinski definition) is 1. The van der Waals surface area contributed by atoms with Crippen molar-refractivity contribution in [1.29, 1.82) is 0 Å². The highest BCUT2D eigenvalue weighted by molar-refractivity contribution is 7.99. The minimum absolute atomic E-state index is 0.126. The van der Waals surface area contributed by atoms with E-state index >= 15 is 0 Å². The van der Waals surface area contributed by atoms with Crippen LogP contribution in [0, 0.1) is 6.92 Å². The summed E-state index contributed by atoms with van der Waals surface area (Å²) < 4.78 is 1.69. The molecule has 0 atom stereocenters. The van der Waals surface area contributed by atoms with Gasteiger partial charge in [-0.1, -0.05) is 23.7 Å². The highest BCUT2D eigenvalue weighted by atomic mass is 35.5. The molecular weight excluding hydrogens is 468 g/mol. The molecule has 1 aliphatic heterocycles. The van der Waals surface area contributed by atoms with Crippen LogP contribution < -0.4 is 10.9 Å². The second-order valence-corrected chi connectivity index (χ2v) is 9.93. The van der Waals surface area contributed by atoms with Crippen LogP contribution in [-0.2, 0) is 6.54 Å². The van der Waals surface area contributed by atoms with E-state index in [9.17, 15) is 4.79 Å². The summed E-state index contributed by atoms with van der Waals surface area (Å²) in [5.41, 5.74) is 4.14. The third kappa shape index (κ3) is 4.40. The van der Waals surface area contributed by atoms with Gasteiger partial charge in [0.25, 0.3) is 5.56 Å². The van der Waals surface area contributed by atoms with Gasteiger partial charge in [0.15, 0.2) is 0 Å². The number of thioether (sulfide) groups is 1. The maximum Gasteiger partial charge on any atom is 0.260 e. The first-order chi connectivity index (χ1) is 16.5. The summed E-state index contributed by atoms with van der Waals surface area (Å²) in [6.45, 7) is 4.34. The lowest BCUT2D eigenvalue weighted by molar-refractivity contribution is 0.659. The fourth-order valence-corrected chi connectivity index (χ4v) is 5.70. The molecule has 1 fully saturated rings. The van der Waals surface area contributed by atoms with Crippen LogP contribution in [0.15, 0.2) is 47.7 Å². The van der Waals surface area contributed by atoms with Crippen molar-refractivity contribution in [3.8, 4) is 22.4 Å². The number of hydrogen-bond acceptors (Lipinski definition) is 7. The molecule has 0 spiro atoms. The van der Waals surface area contributed by atoms with Gasteiger partial charge in [-0.3, -0.25) is 19.3 Å². The molecule has 1 saturated heterocycles. The van der Waals surface area contributed by atoms with Gasteiger partial charge in [-0.2, -0.15) is 16.7 Å². The first-order valence-corrected chi connectivity index (χ1v) is 12.9. The highest BCUT2D eigenvalue weighted by Gasteiger charge is 2.18. The van der Waals surface area contributed by atoms with Crippen LogP contribution in [0.4, 0.5) is 5.95 Å². The van der Waals surface area contributed by atoms with Gasteiger partial charge in [0.2, 0.25) is 5.95 Å². The van der Waals surface area contributed by atoms with Crippen molar-refractivity contribution >= 4 is 40.3 Å². The summed E-state index contributed by atoms with van der Waals surface area (Å²) in [5, 5.41) is 4.72. The highest BCUT2D eigenvalue weighted by Crippen LogP contribution is 2.32. The average molecular weight is 493 g/mol. The molecule has 0 aliphatic carbocycles. The number of rotatable bonds is 5. The Hall–Kier alpha value is -2.97. The van der Waals surface area contributed by atoms with E-state index in [1.807, 2.05) is 49.9 Å². The van der Waals surface area contributed by atoms with Crippen LogP contribution in [0.5, 0.6) is 0 Å². The topological polar surface area (TPSA) is 85.6 Å². The number of pyridine rings is 1. The summed E-state index contributed by atoms with van der Waals surface area (Å²) in [6, 6.07) is 7.82. The van der Waals surface area contributed by atoms with Crippen molar-refractivity contribution < 1.29 is 0 Å². The van der Waals surface area contributed by atoms with Gasteiger partial charge >= 0.3 is 0 Å². The second-order valence-electron chi connectivity index (χ2n) is 8.30. The van der Waals surface area contributed by atoms with Gasteiger partial charge in [-0.05, 0) is 50.3 Å². The number of halogens is 1. The fraction of sp³-hybridized carbons (Fsp3) is 0.320. The van der Waals surface area contributed by atoms with Gasteiger partial charge in [0, 0.05) is 58.3 Å². The number of anilines is 1. The normalized spacial score (nSPS) is 14.4. The lowest BCUT2D eigenvalue weighted by Crippen LogP contribution is -2.26. The molecule has 5 rings (SSSR count). The van der Waals surface area contributed by atoms with Crippen LogP contribution >= 0.6 is 23.4 Å². The molecule has 0 unspecified atom stereocenters. The number of aromatic nitrogens is 5. The van der Waals surface area contributed by atoms with Crippen molar-refractivity contribution in [2.45, 2.75) is 39.3 Å². The number of fused-ring (bicyclic) bond motifs is 1. The van der Waals surface area contributed by atoms with Crippen molar-refractivity contribution in [2.24, 2.45) is 0 Å². The van der Waals surface area contributed by atoms with Gasteiger partial charge in [-0.25, -0.2) is 4.98 Å². The predicted octanol–water partition coefficient (Wildman–Crippen LogP) is 5.20. The predicted molar refractivity (Wildman–Crippen MR) is 140 cm³/mol. The Morgan fingerprint density at radius 3 is 2.65 bits per heavy atom. The average Bonchev–Trinajstić information content (AvgIpc) is 2.85. The Bertz CT molecular complexity index is 1420. The first kappa shape index (κ1) is 22.8. The van der Waals surface area contributed by atoms with Gasteiger partial charge in [-0.15, -0.1) is 0 Å². The maximum atomic E-state index is 13.5. The van der Waals surface area contributed by atoms with Crippen LogP contribution in [0.25, 0.3) is 33.4 Å². The molecule has 0 radical (unpaired) electrons. The van der Waals surface area contributed by atoms with E-state index in [0.717, 1.165) is 46.7 Å². The molecule has 1 N–H and O–H groups in total. The lowest BCUT2D eigenvalue weighted by atomic mass is 10.0. The molecule has 0 saturated carbocycles. The minimum atomic E-state index is -0.126. The van der Waals surface area contributed by atoms with Gasteiger partial charge in [0.1, 0.15) is 5.65 Å². The zero-order valence-corrected chi connectivity index (χ0v) is 20.7. The monoisotopic (exact) mass is 492 g/mol. The second kappa shape index (κ2) is 9.72. The minimum Gasteiger partial charge on any atom is -0.351 e. The molecule has 3 aromatic heterocycles. The molecule has 4 aromatic rings. The lowest BCUT2D eigenvalue weighted by Gasteiger charge is -2.22. The Labute approximate surface area is 207 Å². The number of aryl methyl sites for hydroxylation is 2. The molecule has 7 nitrogen and oxygen atoms in total. The summed E-state index contributed by atoms with van der Waals surface area (Å²) in [7, 11) is 0. The van der Waals surface area contributed by atoms with Crippen LogP contribution in [0.2, 0.25) is 5.02 Å². The fourth-order valence-electron chi connectivity index (χ4n) is 4.31. The molecule has 174 valence electrons. The SMILES string of the molecule is CCn1c(=O)c(-c2ccc(-c3nccnc3C)cc2Cl)cc2cnc(NC3CCSCC3)nc21.